The largest absolute Gasteiger partial charge is 0.497 e. The molecule has 5 heteroatoms. The van der Waals surface area contributed by atoms with E-state index in [2.05, 4.69) is 0 Å². The molecule has 0 atom stereocenters. The fourth-order valence-electron chi connectivity index (χ4n) is 2.19. The van der Waals surface area contributed by atoms with Gasteiger partial charge in [0.15, 0.2) is 0 Å². The number of amides is 1. The standard InChI is InChI=1S/C17H25NO4/c1-13(2)12-18(11-10-17(20)21)16(19)9-6-14-4-7-15(22-3)8-5-14/h4-5,7-8,13H,6,9-12H2,1-3H3,(H,20,21). The van der Waals surface area contributed by atoms with Crippen LogP contribution in [0, 0.1) is 5.92 Å². The van der Waals surface area contributed by atoms with E-state index < -0.39 is 5.97 Å². The first-order valence-corrected chi connectivity index (χ1v) is 7.55. The third-order valence-electron chi connectivity index (χ3n) is 3.32. The van der Waals surface area contributed by atoms with Crippen LogP contribution in [0.5, 0.6) is 5.75 Å². The molecule has 1 N–H and O–H groups in total. The Kier molecular flexibility index (Phi) is 7.43. The average Bonchev–Trinajstić information content (AvgIpc) is 2.49. The Morgan fingerprint density at radius 1 is 1.18 bits per heavy atom. The van der Waals surface area contributed by atoms with Crippen molar-refractivity contribution >= 4 is 11.9 Å². The fourth-order valence-corrected chi connectivity index (χ4v) is 2.19. The molecule has 1 rings (SSSR count). The van der Waals surface area contributed by atoms with E-state index in [0.29, 0.717) is 25.3 Å². The number of nitrogens with zero attached hydrogens (tertiary/aromatic N) is 1. The van der Waals surface area contributed by atoms with Crippen LogP contribution in [0.15, 0.2) is 24.3 Å². The third kappa shape index (κ3) is 6.61. The second-order valence-corrected chi connectivity index (χ2v) is 5.73. The summed E-state index contributed by atoms with van der Waals surface area (Å²) in [4.78, 5) is 24.7. The number of benzene rings is 1. The van der Waals surface area contributed by atoms with Crippen molar-refractivity contribution in [3.05, 3.63) is 29.8 Å². The van der Waals surface area contributed by atoms with Gasteiger partial charge in [0, 0.05) is 19.5 Å². The van der Waals surface area contributed by atoms with Gasteiger partial charge < -0.3 is 14.7 Å². The number of hydrogen-bond acceptors (Lipinski definition) is 3. The molecule has 0 radical (unpaired) electrons. The van der Waals surface area contributed by atoms with Gasteiger partial charge in [0.2, 0.25) is 5.91 Å². The maximum absolute atomic E-state index is 12.3. The highest BCUT2D eigenvalue weighted by atomic mass is 16.5. The lowest BCUT2D eigenvalue weighted by Crippen LogP contribution is -2.36. The van der Waals surface area contributed by atoms with E-state index in [4.69, 9.17) is 9.84 Å². The quantitative estimate of drug-likeness (QED) is 0.761. The Labute approximate surface area is 131 Å². The SMILES string of the molecule is COc1ccc(CCC(=O)N(CCC(=O)O)CC(C)C)cc1. The number of methoxy groups -OCH3 is 1. The van der Waals surface area contributed by atoms with Crippen LogP contribution in [0.1, 0.15) is 32.3 Å². The molecule has 0 spiro atoms. The van der Waals surface area contributed by atoms with Gasteiger partial charge in [-0.2, -0.15) is 0 Å². The number of ether oxygens (including phenoxy) is 1. The van der Waals surface area contributed by atoms with Crippen molar-refractivity contribution in [3.63, 3.8) is 0 Å². The van der Waals surface area contributed by atoms with Crippen molar-refractivity contribution in [3.8, 4) is 5.75 Å². The Bertz CT molecular complexity index is 482. The van der Waals surface area contributed by atoms with E-state index in [0.717, 1.165) is 11.3 Å². The highest BCUT2D eigenvalue weighted by Gasteiger charge is 2.16. The fraction of sp³-hybridized carbons (Fsp3) is 0.529. The van der Waals surface area contributed by atoms with Crippen molar-refractivity contribution in [1.29, 1.82) is 0 Å². The molecule has 122 valence electrons. The number of carbonyl (C=O) groups is 2. The molecule has 0 saturated carbocycles. The van der Waals surface area contributed by atoms with E-state index >= 15 is 0 Å². The minimum Gasteiger partial charge on any atom is -0.497 e. The smallest absolute Gasteiger partial charge is 0.305 e. The lowest BCUT2D eigenvalue weighted by Gasteiger charge is -2.24. The summed E-state index contributed by atoms with van der Waals surface area (Å²) in [7, 11) is 1.62. The van der Waals surface area contributed by atoms with Gasteiger partial charge in [-0.1, -0.05) is 26.0 Å². The number of aryl methyl sites for hydroxylation is 1. The van der Waals surface area contributed by atoms with Crippen molar-refractivity contribution < 1.29 is 19.4 Å². The highest BCUT2D eigenvalue weighted by molar-refractivity contribution is 5.77. The van der Waals surface area contributed by atoms with Crippen LogP contribution >= 0.6 is 0 Å². The lowest BCUT2D eigenvalue weighted by molar-refractivity contribution is -0.138. The maximum Gasteiger partial charge on any atom is 0.305 e. The topological polar surface area (TPSA) is 66.8 Å². The second kappa shape index (κ2) is 9.07. The minimum atomic E-state index is -0.878. The summed E-state index contributed by atoms with van der Waals surface area (Å²) in [6, 6.07) is 7.62. The van der Waals surface area contributed by atoms with E-state index in [9.17, 15) is 9.59 Å². The predicted octanol–water partition coefficient (Wildman–Crippen LogP) is 2.59. The molecule has 1 amide bonds. The van der Waals surface area contributed by atoms with E-state index in [-0.39, 0.29) is 18.9 Å². The minimum absolute atomic E-state index is 0.00534. The molecule has 1 aromatic rings. The van der Waals surface area contributed by atoms with Gasteiger partial charge in [-0.25, -0.2) is 0 Å². The van der Waals surface area contributed by atoms with Crippen LogP contribution < -0.4 is 4.74 Å². The normalized spacial score (nSPS) is 10.5. The molecule has 0 aromatic heterocycles. The third-order valence-corrected chi connectivity index (χ3v) is 3.32. The van der Waals surface area contributed by atoms with Gasteiger partial charge in [0.25, 0.3) is 0 Å². The molecule has 5 nitrogen and oxygen atoms in total. The van der Waals surface area contributed by atoms with E-state index in [1.165, 1.54) is 0 Å². The summed E-state index contributed by atoms with van der Waals surface area (Å²) in [5.74, 6) is 0.235. The van der Waals surface area contributed by atoms with Crippen LogP contribution in [0.3, 0.4) is 0 Å². The summed E-state index contributed by atoms with van der Waals surface area (Å²) < 4.78 is 5.10. The molecule has 0 unspecified atom stereocenters. The number of carbonyl (C=O) groups excluding carboxylic acids is 1. The number of rotatable bonds is 9. The molecular formula is C17H25NO4. The second-order valence-electron chi connectivity index (χ2n) is 5.73. The van der Waals surface area contributed by atoms with Crippen molar-refractivity contribution in [2.24, 2.45) is 5.92 Å². The molecule has 0 aliphatic rings. The van der Waals surface area contributed by atoms with Crippen LogP contribution in [0.4, 0.5) is 0 Å². The summed E-state index contributed by atoms with van der Waals surface area (Å²) in [6.07, 6.45) is 1.02. The summed E-state index contributed by atoms with van der Waals surface area (Å²) >= 11 is 0. The molecular weight excluding hydrogens is 282 g/mol. The summed E-state index contributed by atoms with van der Waals surface area (Å²) in [5.41, 5.74) is 1.07. The number of carboxylic acid groups (broad SMARTS) is 1. The van der Waals surface area contributed by atoms with Crippen LogP contribution in [0.25, 0.3) is 0 Å². The van der Waals surface area contributed by atoms with Gasteiger partial charge in [-0.3, -0.25) is 9.59 Å². The highest BCUT2D eigenvalue weighted by Crippen LogP contribution is 2.13. The molecule has 0 aliphatic heterocycles. The van der Waals surface area contributed by atoms with Gasteiger partial charge in [-0.05, 0) is 30.0 Å². The molecule has 1 aromatic carbocycles. The van der Waals surface area contributed by atoms with Crippen LogP contribution in [-0.4, -0.2) is 42.1 Å². The molecule has 0 aliphatic carbocycles. The molecule has 0 saturated heterocycles. The monoisotopic (exact) mass is 307 g/mol. The average molecular weight is 307 g/mol. The summed E-state index contributed by atoms with van der Waals surface area (Å²) in [5, 5.41) is 8.79. The number of aliphatic carboxylic acids is 1. The van der Waals surface area contributed by atoms with E-state index in [1.54, 1.807) is 12.0 Å². The zero-order chi connectivity index (χ0) is 16.5. The Hall–Kier alpha value is -2.04. The zero-order valence-electron chi connectivity index (χ0n) is 13.5. The van der Waals surface area contributed by atoms with Gasteiger partial charge in [0.05, 0.1) is 13.5 Å². The summed E-state index contributed by atoms with van der Waals surface area (Å²) in [6.45, 7) is 4.90. The van der Waals surface area contributed by atoms with Gasteiger partial charge in [-0.15, -0.1) is 0 Å². The zero-order valence-corrected chi connectivity index (χ0v) is 13.5. The predicted molar refractivity (Wildman–Crippen MR) is 85.0 cm³/mol. The van der Waals surface area contributed by atoms with Crippen molar-refractivity contribution in [2.75, 3.05) is 20.2 Å². The Morgan fingerprint density at radius 3 is 2.32 bits per heavy atom. The van der Waals surface area contributed by atoms with Crippen LogP contribution in [-0.2, 0) is 16.0 Å². The molecule has 0 fully saturated rings. The van der Waals surface area contributed by atoms with Gasteiger partial charge >= 0.3 is 5.97 Å². The van der Waals surface area contributed by atoms with Gasteiger partial charge in [0.1, 0.15) is 5.75 Å². The lowest BCUT2D eigenvalue weighted by atomic mass is 10.1. The first-order valence-electron chi connectivity index (χ1n) is 7.55. The van der Waals surface area contributed by atoms with Crippen molar-refractivity contribution in [2.45, 2.75) is 33.1 Å². The first kappa shape index (κ1) is 18.0. The molecule has 22 heavy (non-hydrogen) atoms. The number of carboxylic acids is 1. The van der Waals surface area contributed by atoms with Crippen molar-refractivity contribution in [1.82, 2.24) is 4.90 Å². The van der Waals surface area contributed by atoms with Crippen LogP contribution in [0.2, 0.25) is 0 Å². The Morgan fingerprint density at radius 2 is 1.82 bits per heavy atom. The molecule has 0 bridgehead atoms. The first-order chi connectivity index (χ1) is 10.4. The Balaban J connectivity index is 2.55. The maximum atomic E-state index is 12.3. The van der Waals surface area contributed by atoms with E-state index in [1.807, 2.05) is 38.1 Å². The number of hydrogen-bond donors (Lipinski definition) is 1. The molecule has 0 heterocycles.